The quantitative estimate of drug-likeness (QED) is 0.414. The maximum Gasteiger partial charge on any atom is 0.162 e. The lowest BCUT2D eigenvalue weighted by Crippen LogP contribution is -2.59. The fourth-order valence-corrected chi connectivity index (χ4v) is 6.86. The van der Waals surface area contributed by atoms with Gasteiger partial charge in [-0.15, -0.1) is 5.10 Å². The fraction of sp³-hybridized carbons (Fsp3) is 0.385. The van der Waals surface area contributed by atoms with Gasteiger partial charge >= 0.3 is 0 Å². The molecule has 8 rings (SSSR count). The number of rotatable bonds is 5. The van der Waals surface area contributed by atoms with Crippen molar-refractivity contribution in [1.82, 2.24) is 24.7 Å². The van der Waals surface area contributed by atoms with E-state index in [2.05, 4.69) is 43.8 Å². The van der Waals surface area contributed by atoms with Gasteiger partial charge in [-0.2, -0.15) is 0 Å². The van der Waals surface area contributed by atoms with Crippen molar-refractivity contribution in [2.45, 2.75) is 43.7 Å². The van der Waals surface area contributed by atoms with E-state index in [4.69, 9.17) is 5.10 Å². The number of pyridine rings is 1. The van der Waals surface area contributed by atoms with Gasteiger partial charge in [-0.05, 0) is 68.1 Å². The van der Waals surface area contributed by atoms with Crippen LogP contribution in [0.15, 0.2) is 61.2 Å². The van der Waals surface area contributed by atoms with Gasteiger partial charge in [0.1, 0.15) is 11.6 Å². The SMILES string of the molecule is OC12CC3C[C@H](C1)C(Nc1cc(-n4nc(Nc5cnccn5)c5ccccc54)ccn1)[C@H](C3)C2. The third kappa shape index (κ3) is 3.32. The molecule has 0 spiro atoms. The van der Waals surface area contributed by atoms with E-state index in [9.17, 15) is 5.11 Å². The topological polar surface area (TPSA) is 101 Å². The van der Waals surface area contributed by atoms with Gasteiger partial charge in [0.05, 0.1) is 23.0 Å². The zero-order valence-corrected chi connectivity index (χ0v) is 18.8. The molecule has 172 valence electrons. The van der Waals surface area contributed by atoms with Crippen LogP contribution >= 0.6 is 0 Å². The predicted octanol–water partition coefficient (Wildman–Crippen LogP) is 4.31. The first-order valence-corrected chi connectivity index (χ1v) is 12.1. The van der Waals surface area contributed by atoms with E-state index in [0.29, 0.717) is 29.6 Å². The first-order valence-electron chi connectivity index (χ1n) is 12.1. The van der Waals surface area contributed by atoms with Gasteiger partial charge in [0.2, 0.25) is 0 Å². The highest BCUT2D eigenvalue weighted by molar-refractivity contribution is 5.92. The lowest BCUT2D eigenvalue weighted by molar-refractivity contribution is -0.129. The lowest BCUT2D eigenvalue weighted by Gasteiger charge is -2.58. The molecule has 3 heterocycles. The van der Waals surface area contributed by atoms with Crippen LogP contribution in [0.1, 0.15) is 32.1 Å². The molecule has 4 bridgehead atoms. The average molecular weight is 454 g/mol. The number of fused-ring (bicyclic) bond motifs is 1. The van der Waals surface area contributed by atoms with E-state index in [1.54, 1.807) is 18.6 Å². The van der Waals surface area contributed by atoms with Crippen molar-refractivity contribution < 1.29 is 5.11 Å². The number of para-hydroxylation sites is 1. The number of nitrogens with zero attached hydrogens (tertiary/aromatic N) is 5. The van der Waals surface area contributed by atoms with E-state index in [-0.39, 0.29) is 0 Å². The first-order chi connectivity index (χ1) is 16.6. The molecule has 4 aliphatic carbocycles. The van der Waals surface area contributed by atoms with Crippen LogP contribution in [0.3, 0.4) is 0 Å². The highest BCUT2D eigenvalue weighted by Gasteiger charge is 2.54. The standard InChI is InChI=1S/C26H27N7O/c34-26-12-16-9-17(13-26)24(18(10-16)14-26)30-22-11-19(5-6-28-22)33-21-4-2-1-3-20(21)25(32-33)31-23-15-27-7-8-29-23/h1-8,11,15-18,24,34H,9-10,12-14H2,(H,28,30)(H,29,31,32)/t16?,17-,18-,24?,26?/m1/s1. The molecule has 4 fully saturated rings. The molecule has 8 nitrogen and oxygen atoms in total. The van der Waals surface area contributed by atoms with Crippen molar-refractivity contribution in [2.24, 2.45) is 17.8 Å². The van der Waals surface area contributed by atoms with Crippen LogP contribution in [0.4, 0.5) is 17.5 Å². The molecule has 8 heteroatoms. The van der Waals surface area contributed by atoms with Gasteiger partial charge in [-0.1, -0.05) is 12.1 Å². The minimum Gasteiger partial charge on any atom is -0.390 e. The van der Waals surface area contributed by atoms with Crippen LogP contribution in [-0.4, -0.2) is 41.5 Å². The Bertz CT molecular complexity index is 1340. The third-order valence-electron chi connectivity index (χ3n) is 7.94. The predicted molar refractivity (Wildman–Crippen MR) is 130 cm³/mol. The maximum atomic E-state index is 10.9. The minimum absolute atomic E-state index is 0.378. The normalized spacial score (nSPS) is 29.4. The molecular weight excluding hydrogens is 426 g/mol. The summed E-state index contributed by atoms with van der Waals surface area (Å²) in [5.74, 6) is 3.99. The van der Waals surface area contributed by atoms with Crippen LogP contribution in [0.2, 0.25) is 0 Å². The van der Waals surface area contributed by atoms with Gasteiger partial charge in [0.15, 0.2) is 5.82 Å². The molecule has 4 aliphatic rings. The van der Waals surface area contributed by atoms with Gasteiger partial charge in [0, 0.05) is 36.1 Å². The van der Waals surface area contributed by atoms with Crippen molar-refractivity contribution in [3.05, 3.63) is 61.2 Å². The Morgan fingerprint density at radius 1 is 0.941 bits per heavy atom. The number of nitrogens with one attached hydrogen (secondary N) is 2. The summed E-state index contributed by atoms with van der Waals surface area (Å²) in [5, 5.41) is 23.8. The number of benzene rings is 1. The molecule has 0 aliphatic heterocycles. The summed E-state index contributed by atoms with van der Waals surface area (Å²) in [6.07, 6.45) is 12.1. The van der Waals surface area contributed by atoms with Gasteiger partial charge in [0.25, 0.3) is 0 Å². The van der Waals surface area contributed by atoms with E-state index >= 15 is 0 Å². The number of hydrogen-bond acceptors (Lipinski definition) is 7. The van der Waals surface area contributed by atoms with Crippen LogP contribution in [0, 0.1) is 17.8 Å². The number of hydrogen-bond donors (Lipinski definition) is 3. The van der Waals surface area contributed by atoms with E-state index < -0.39 is 5.60 Å². The number of aromatic nitrogens is 5. The summed E-state index contributed by atoms with van der Waals surface area (Å²) < 4.78 is 1.94. The van der Waals surface area contributed by atoms with Crippen molar-refractivity contribution in [3.63, 3.8) is 0 Å². The summed E-state index contributed by atoms with van der Waals surface area (Å²) in [6, 6.07) is 12.6. The van der Waals surface area contributed by atoms with Gasteiger partial charge in [-0.25, -0.2) is 14.6 Å². The Balaban J connectivity index is 1.20. The second-order valence-electron chi connectivity index (χ2n) is 10.3. The molecule has 1 aromatic carbocycles. The molecule has 0 unspecified atom stereocenters. The number of anilines is 3. The summed E-state index contributed by atoms with van der Waals surface area (Å²) >= 11 is 0. The zero-order chi connectivity index (χ0) is 22.7. The van der Waals surface area contributed by atoms with E-state index in [1.807, 2.05) is 29.1 Å². The summed E-state index contributed by atoms with van der Waals surface area (Å²) in [4.78, 5) is 13.1. The molecule has 0 saturated heterocycles. The largest absolute Gasteiger partial charge is 0.390 e. The maximum absolute atomic E-state index is 10.9. The van der Waals surface area contributed by atoms with Crippen LogP contribution in [0.25, 0.3) is 16.6 Å². The molecule has 2 atom stereocenters. The first kappa shape index (κ1) is 19.9. The third-order valence-corrected chi connectivity index (χ3v) is 7.94. The van der Waals surface area contributed by atoms with Crippen LogP contribution in [-0.2, 0) is 0 Å². The Morgan fingerprint density at radius 2 is 1.76 bits per heavy atom. The summed E-state index contributed by atoms with van der Waals surface area (Å²) in [7, 11) is 0. The highest BCUT2D eigenvalue weighted by Crippen LogP contribution is 2.56. The second-order valence-corrected chi connectivity index (χ2v) is 10.3. The molecule has 4 saturated carbocycles. The van der Waals surface area contributed by atoms with Crippen molar-refractivity contribution >= 4 is 28.4 Å². The Kier molecular flexibility index (Phi) is 4.39. The van der Waals surface area contributed by atoms with Gasteiger partial charge in [-0.3, -0.25) is 4.98 Å². The second kappa shape index (κ2) is 7.50. The monoisotopic (exact) mass is 453 g/mol. The van der Waals surface area contributed by atoms with Crippen molar-refractivity contribution in [2.75, 3.05) is 10.6 Å². The van der Waals surface area contributed by atoms with Crippen molar-refractivity contribution in [1.29, 1.82) is 0 Å². The zero-order valence-electron chi connectivity index (χ0n) is 18.8. The fourth-order valence-electron chi connectivity index (χ4n) is 6.86. The molecule has 0 radical (unpaired) electrons. The Morgan fingerprint density at radius 3 is 2.56 bits per heavy atom. The Hall–Kier alpha value is -3.52. The number of aliphatic hydroxyl groups is 1. The minimum atomic E-state index is -0.426. The van der Waals surface area contributed by atoms with Crippen LogP contribution < -0.4 is 10.6 Å². The van der Waals surface area contributed by atoms with Crippen LogP contribution in [0.5, 0.6) is 0 Å². The Labute approximate surface area is 197 Å². The van der Waals surface area contributed by atoms with Crippen molar-refractivity contribution in [3.8, 4) is 5.69 Å². The smallest absolute Gasteiger partial charge is 0.162 e. The molecule has 3 N–H and O–H groups in total. The summed E-state index contributed by atoms with van der Waals surface area (Å²) in [6.45, 7) is 0. The molecular formula is C26H27N7O. The van der Waals surface area contributed by atoms with E-state index in [0.717, 1.165) is 47.5 Å². The summed E-state index contributed by atoms with van der Waals surface area (Å²) in [5.41, 5.74) is 1.52. The highest BCUT2D eigenvalue weighted by atomic mass is 16.3. The lowest BCUT2D eigenvalue weighted by atomic mass is 9.52. The molecule has 34 heavy (non-hydrogen) atoms. The molecule has 3 aromatic heterocycles. The van der Waals surface area contributed by atoms with E-state index in [1.165, 1.54) is 12.8 Å². The molecule has 4 aromatic rings. The average Bonchev–Trinajstić information content (AvgIpc) is 3.20. The van der Waals surface area contributed by atoms with Gasteiger partial charge < -0.3 is 15.7 Å². The molecule has 0 amide bonds.